The van der Waals surface area contributed by atoms with Crippen LogP contribution >= 0.6 is 11.8 Å². The number of esters is 1. The summed E-state index contributed by atoms with van der Waals surface area (Å²) in [5, 5.41) is 0. The second-order valence-corrected chi connectivity index (χ2v) is 5.76. The molecular formula is C13H23NO3S. The summed E-state index contributed by atoms with van der Waals surface area (Å²) in [4.78, 5) is 25.1. The van der Waals surface area contributed by atoms with Gasteiger partial charge in [0, 0.05) is 18.8 Å². The van der Waals surface area contributed by atoms with Crippen LogP contribution in [0.3, 0.4) is 0 Å². The van der Waals surface area contributed by atoms with Crippen molar-refractivity contribution >= 4 is 23.6 Å². The Bertz CT molecular complexity index is 275. The van der Waals surface area contributed by atoms with E-state index < -0.39 is 0 Å². The summed E-state index contributed by atoms with van der Waals surface area (Å²) in [7, 11) is 1.39. The van der Waals surface area contributed by atoms with E-state index in [-0.39, 0.29) is 17.8 Å². The van der Waals surface area contributed by atoms with Crippen LogP contribution in [0.2, 0.25) is 0 Å². The highest BCUT2D eigenvalue weighted by Gasteiger charge is 2.17. The molecule has 1 aliphatic heterocycles. The molecule has 1 saturated heterocycles. The minimum Gasteiger partial charge on any atom is -0.469 e. The lowest BCUT2D eigenvalue weighted by Gasteiger charge is -2.20. The fourth-order valence-electron chi connectivity index (χ4n) is 2.00. The zero-order valence-electron chi connectivity index (χ0n) is 11.3. The fraction of sp³-hybridized carbons (Fsp3) is 0.846. The Balaban J connectivity index is 2.21. The number of rotatable bonds is 5. The van der Waals surface area contributed by atoms with Crippen molar-refractivity contribution in [2.45, 2.75) is 32.6 Å². The van der Waals surface area contributed by atoms with Gasteiger partial charge in [0.1, 0.15) is 0 Å². The molecule has 1 heterocycles. The van der Waals surface area contributed by atoms with E-state index in [1.54, 1.807) is 0 Å². The van der Waals surface area contributed by atoms with Crippen LogP contribution in [0.25, 0.3) is 0 Å². The number of likely N-dealkylation sites (tertiary alicyclic amines) is 1. The first-order valence-corrected chi connectivity index (χ1v) is 7.74. The molecule has 1 rings (SSSR count). The molecule has 4 nitrogen and oxygen atoms in total. The number of thioether (sulfide) groups is 1. The number of hydrogen-bond donors (Lipinski definition) is 0. The zero-order valence-corrected chi connectivity index (χ0v) is 12.1. The molecule has 1 amide bonds. The molecule has 0 aliphatic carbocycles. The summed E-state index contributed by atoms with van der Waals surface area (Å²) < 4.78 is 4.65. The number of methoxy groups -OCH3 is 1. The molecule has 1 aliphatic rings. The standard InChI is InChI=1S/C13H23NO3S/c1-11(13(16)17-2)9-18-10-12(15)14-7-5-3-4-6-8-14/h11H,3-10H2,1-2H3. The summed E-state index contributed by atoms with van der Waals surface area (Å²) >= 11 is 1.52. The van der Waals surface area contributed by atoms with E-state index >= 15 is 0 Å². The molecule has 0 bridgehead atoms. The molecule has 104 valence electrons. The predicted molar refractivity (Wildman–Crippen MR) is 73.6 cm³/mol. The molecule has 0 radical (unpaired) electrons. The van der Waals surface area contributed by atoms with Gasteiger partial charge >= 0.3 is 5.97 Å². The number of ether oxygens (including phenoxy) is 1. The van der Waals surface area contributed by atoms with Gasteiger partial charge in [-0.2, -0.15) is 11.8 Å². The van der Waals surface area contributed by atoms with Gasteiger partial charge in [-0.15, -0.1) is 0 Å². The van der Waals surface area contributed by atoms with Crippen LogP contribution in [0.15, 0.2) is 0 Å². The molecule has 18 heavy (non-hydrogen) atoms. The largest absolute Gasteiger partial charge is 0.469 e. The van der Waals surface area contributed by atoms with Crippen LogP contribution in [-0.2, 0) is 14.3 Å². The first-order valence-electron chi connectivity index (χ1n) is 6.58. The van der Waals surface area contributed by atoms with Crippen molar-refractivity contribution in [1.29, 1.82) is 0 Å². The first kappa shape index (κ1) is 15.3. The molecule has 0 aromatic heterocycles. The highest BCUT2D eigenvalue weighted by molar-refractivity contribution is 7.99. The molecule has 0 aromatic carbocycles. The molecule has 0 spiro atoms. The van der Waals surface area contributed by atoms with E-state index in [4.69, 9.17) is 0 Å². The number of hydrogen-bond acceptors (Lipinski definition) is 4. The van der Waals surface area contributed by atoms with Gasteiger partial charge in [-0.3, -0.25) is 9.59 Å². The Kier molecular flexibility index (Phi) is 7.16. The third-order valence-electron chi connectivity index (χ3n) is 3.16. The van der Waals surface area contributed by atoms with Crippen molar-refractivity contribution in [3.63, 3.8) is 0 Å². The van der Waals surface area contributed by atoms with Crippen LogP contribution < -0.4 is 0 Å². The Morgan fingerprint density at radius 2 is 1.83 bits per heavy atom. The van der Waals surface area contributed by atoms with Gasteiger partial charge in [0.25, 0.3) is 0 Å². The highest BCUT2D eigenvalue weighted by atomic mass is 32.2. The van der Waals surface area contributed by atoms with Gasteiger partial charge in [0.05, 0.1) is 18.8 Å². The topological polar surface area (TPSA) is 46.6 Å². The average molecular weight is 273 g/mol. The maximum absolute atomic E-state index is 12.0. The normalized spacial score (nSPS) is 18.0. The average Bonchev–Trinajstić information content (AvgIpc) is 2.66. The van der Waals surface area contributed by atoms with Gasteiger partial charge in [-0.25, -0.2) is 0 Å². The smallest absolute Gasteiger partial charge is 0.309 e. The third-order valence-corrected chi connectivity index (χ3v) is 4.34. The van der Waals surface area contributed by atoms with Crippen LogP contribution in [0, 0.1) is 5.92 Å². The van der Waals surface area contributed by atoms with Gasteiger partial charge in [0.15, 0.2) is 0 Å². The van der Waals surface area contributed by atoms with E-state index in [0.717, 1.165) is 25.9 Å². The number of carbonyl (C=O) groups is 2. The molecule has 5 heteroatoms. The quantitative estimate of drug-likeness (QED) is 0.718. The number of carbonyl (C=O) groups excluding carboxylic acids is 2. The summed E-state index contributed by atoms with van der Waals surface area (Å²) in [6, 6.07) is 0. The molecule has 0 saturated carbocycles. The third kappa shape index (κ3) is 5.29. The lowest BCUT2D eigenvalue weighted by atomic mass is 10.2. The van der Waals surface area contributed by atoms with Crippen molar-refractivity contribution in [3.8, 4) is 0 Å². The summed E-state index contributed by atoms with van der Waals surface area (Å²) in [5.74, 6) is 0.980. The van der Waals surface area contributed by atoms with Crippen molar-refractivity contribution in [2.75, 3.05) is 31.7 Å². The van der Waals surface area contributed by atoms with Crippen LogP contribution in [0.1, 0.15) is 32.6 Å². The van der Waals surface area contributed by atoms with E-state index in [1.165, 1.54) is 31.7 Å². The van der Waals surface area contributed by atoms with Crippen molar-refractivity contribution < 1.29 is 14.3 Å². The molecule has 1 atom stereocenters. The van der Waals surface area contributed by atoms with Gasteiger partial charge in [-0.1, -0.05) is 19.8 Å². The SMILES string of the molecule is COC(=O)C(C)CSCC(=O)N1CCCCCC1. The minimum absolute atomic E-state index is 0.142. The van der Waals surface area contributed by atoms with Gasteiger partial charge in [0.2, 0.25) is 5.91 Å². The van der Waals surface area contributed by atoms with Crippen LogP contribution in [0.4, 0.5) is 0 Å². The minimum atomic E-state index is -0.204. The Morgan fingerprint density at radius 1 is 1.22 bits per heavy atom. The van der Waals surface area contributed by atoms with Gasteiger partial charge < -0.3 is 9.64 Å². The zero-order chi connectivity index (χ0) is 13.4. The fourth-order valence-corrected chi connectivity index (χ4v) is 2.97. The Labute approximate surface area is 113 Å². The summed E-state index contributed by atoms with van der Waals surface area (Å²) in [6.07, 6.45) is 4.70. The van der Waals surface area contributed by atoms with E-state index in [0.29, 0.717) is 11.5 Å². The number of nitrogens with zero attached hydrogens (tertiary/aromatic N) is 1. The number of amides is 1. The first-order chi connectivity index (χ1) is 8.65. The summed E-state index contributed by atoms with van der Waals surface area (Å²) in [6.45, 7) is 3.62. The second-order valence-electron chi connectivity index (χ2n) is 4.73. The van der Waals surface area contributed by atoms with Crippen LogP contribution in [0.5, 0.6) is 0 Å². The van der Waals surface area contributed by atoms with Crippen molar-refractivity contribution in [3.05, 3.63) is 0 Å². The monoisotopic (exact) mass is 273 g/mol. The molecule has 1 fully saturated rings. The Morgan fingerprint density at radius 3 is 2.39 bits per heavy atom. The van der Waals surface area contributed by atoms with Crippen molar-refractivity contribution in [1.82, 2.24) is 4.90 Å². The molecule has 0 N–H and O–H groups in total. The van der Waals surface area contributed by atoms with Crippen LogP contribution in [-0.4, -0.2) is 48.5 Å². The molecule has 1 unspecified atom stereocenters. The van der Waals surface area contributed by atoms with E-state index in [1.807, 2.05) is 11.8 Å². The van der Waals surface area contributed by atoms with Crippen molar-refractivity contribution in [2.24, 2.45) is 5.92 Å². The van der Waals surface area contributed by atoms with E-state index in [2.05, 4.69) is 4.74 Å². The highest BCUT2D eigenvalue weighted by Crippen LogP contribution is 2.14. The second kappa shape index (κ2) is 8.40. The lowest BCUT2D eigenvalue weighted by molar-refractivity contribution is -0.144. The Hall–Kier alpha value is -0.710. The predicted octanol–water partition coefficient (Wildman–Crippen LogP) is 1.93. The lowest BCUT2D eigenvalue weighted by Crippen LogP contribution is -2.33. The van der Waals surface area contributed by atoms with Gasteiger partial charge in [-0.05, 0) is 12.8 Å². The molecule has 0 aromatic rings. The van der Waals surface area contributed by atoms with E-state index in [9.17, 15) is 9.59 Å². The maximum Gasteiger partial charge on any atom is 0.309 e. The molecular weight excluding hydrogens is 250 g/mol. The maximum atomic E-state index is 12.0. The summed E-state index contributed by atoms with van der Waals surface area (Å²) in [5.41, 5.74) is 0.